The SMILES string of the molecule is COC(=O)C(NC(=O)c1cn(Cc2ccccc2)nn1)C(C)C. The van der Waals surface area contributed by atoms with E-state index < -0.39 is 17.9 Å². The summed E-state index contributed by atoms with van der Waals surface area (Å²) < 4.78 is 6.28. The molecular formula is C16H20N4O3. The maximum Gasteiger partial charge on any atom is 0.328 e. The van der Waals surface area contributed by atoms with Crippen molar-refractivity contribution < 1.29 is 14.3 Å². The molecule has 122 valence electrons. The highest BCUT2D eigenvalue weighted by Gasteiger charge is 2.26. The molecule has 2 aromatic rings. The smallest absolute Gasteiger partial charge is 0.328 e. The summed E-state index contributed by atoms with van der Waals surface area (Å²) in [5.74, 6) is -1.02. The maximum absolute atomic E-state index is 12.2. The first-order chi connectivity index (χ1) is 11.0. The minimum Gasteiger partial charge on any atom is -0.467 e. The van der Waals surface area contributed by atoms with Crippen LogP contribution in [0.2, 0.25) is 0 Å². The third-order valence-electron chi connectivity index (χ3n) is 3.37. The Balaban J connectivity index is 2.04. The lowest BCUT2D eigenvalue weighted by Crippen LogP contribution is -2.45. The van der Waals surface area contributed by atoms with Crippen LogP contribution in [0.25, 0.3) is 0 Å². The predicted octanol–water partition coefficient (Wildman–Crippen LogP) is 1.25. The fraction of sp³-hybridized carbons (Fsp3) is 0.375. The van der Waals surface area contributed by atoms with E-state index in [0.29, 0.717) is 6.54 Å². The van der Waals surface area contributed by atoms with Crippen molar-refractivity contribution in [3.8, 4) is 0 Å². The van der Waals surface area contributed by atoms with Gasteiger partial charge in [-0.05, 0) is 11.5 Å². The molecule has 0 aliphatic rings. The number of nitrogens with one attached hydrogen (secondary N) is 1. The topological polar surface area (TPSA) is 86.1 Å². The molecule has 0 saturated carbocycles. The quantitative estimate of drug-likeness (QED) is 0.811. The standard InChI is InChI=1S/C16H20N4O3/c1-11(2)14(16(22)23-3)17-15(21)13-10-20(19-18-13)9-12-7-5-4-6-8-12/h4-8,10-11,14H,9H2,1-3H3,(H,17,21). The van der Waals surface area contributed by atoms with Crippen LogP contribution in [0.3, 0.4) is 0 Å². The molecule has 23 heavy (non-hydrogen) atoms. The van der Waals surface area contributed by atoms with Crippen LogP contribution in [0.15, 0.2) is 36.5 Å². The molecule has 1 unspecified atom stereocenters. The molecule has 0 aliphatic heterocycles. The van der Waals surface area contributed by atoms with Crippen molar-refractivity contribution in [2.45, 2.75) is 26.4 Å². The first-order valence-corrected chi connectivity index (χ1v) is 7.34. The number of methoxy groups -OCH3 is 1. The second-order valence-corrected chi connectivity index (χ2v) is 5.51. The Morgan fingerprint density at radius 2 is 1.96 bits per heavy atom. The highest BCUT2D eigenvalue weighted by molar-refractivity contribution is 5.94. The van der Waals surface area contributed by atoms with Gasteiger partial charge in [0.1, 0.15) is 6.04 Å². The van der Waals surface area contributed by atoms with Crippen molar-refractivity contribution in [1.29, 1.82) is 0 Å². The second kappa shape index (κ2) is 7.53. The number of rotatable bonds is 6. The molecule has 0 spiro atoms. The van der Waals surface area contributed by atoms with Gasteiger partial charge in [0.25, 0.3) is 5.91 Å². The van der Waals surface area contributed by atoms with Crippen LogP contribution in [0.5, 0.6) is 0 Å². The van der Waals surface area contributed by atoms with Crippen LogP contribution in [0, 0.1) is 5.92 Å². The Labute approximate surface area is 134 Å². The Morgan fingerprint density at radius 3 is 2.57 bits per heavy atom. The monoisotopic (exact) mass is 316 g/mol. The van der Waals surface area contributed by atoms with E-state index >= 15 is 0 Å². The molecule has 1 amide bonds. The fourth-order valence-corrected chi connectivity index (χ4v) is 2.09. The van der Waals surface area contributed by atoms with Crippen LogP contribution >= 0.6 is 0 Å². The van der Waals surface area contributed by atoms with Gasteiger partial charge >= 0.3 is 5.97 Å². The lowest BCUT2D eigenvalue weighted by molar-refractivity contribution is -0.144. The normalized spacial score (nSPS) is 12.0. The second-order valence-electron chi connectivity index (χ2n) is 5.51. The van der Waals surface area contributed by atoms with Gasteiger partial charge in [0, 0.05) is 0 Å². The largest absolute Gasteiger partial charge is 0.467 e. The molecule has 0 aliphatic carbocycles. The Hall–Kier alpha value is -2.70. The van der Waals surface area contributed by atoms with E-state index in [9.17, 15) is 9.59 Å². The zero-order valence-corrected chi connectivity index (χ0v) is 13.4. The molecule has 1 atom stereocenters. The number of hydrogen-bond acceptors (Lipinski definition) is 5. The van der Waals surface area contributed by atoms with E-state index in [1.54, 1.807) is 10.9 Å². The maximum atomic E-state index is 12.2. The van der Waals surface area contributed by atoms with E-state index in [1.807, 2.05) is 44.2 Å². The molecular weight excluding hydrogens is 296 g/mol. The van der Waals surface area contributed by atoms with Gasteiger partial charge in [-0.3, -0.25) is 4.79 Å². The van der Waals surface area contributed by atoms with Crippen LogP contribution in [0.1, 0.15) is 29.9 Å². The van der Waals surface area contributed by atoms with E-state index in [0.717, 1.165) is 5.56 Å². The first kappa shape index (κ1) is 16.7. The van der Waals surface area contributed by atoms with Gasteiger partial charge in [-0.2, -0.15) is 0 Å². The zero-order chi connectivity index (χ0) is 16.8. The number of nitrogens with zero attached hydrogens (tertiary/aromatic N) is 3. The average molecular weight is 316 g/mol. The van der Waals surface area contributed by atoms with E-state index in [1.165, 1.54) is 7.11 Å². The summed E-state index contributed by atoms with van der Waals surface area (Å²) in [4.78, 5) is 23.9. The van der Waals surface area contributed by atoms with Crippen LogP contribution < -0.4 is 5.32 Å². The Bertz CT molecular complexity index is 667. The van der Waals surface area contributed by atoms with Crippen LogP contribution in [-0.4, -0.2) is 40.0 Å². The van der Waals surface area contributed by atoms with Gasteiger partial charge in [0.2, 0.25) is 0 Å². The molecule has 1 aromatic heterocycles. The van der Waals surface area contributed by atoms with E-state index in [4.69, 9.17) is 4.74 Å². The first-order valence-electron chi connectivity index (χ1n) is 7.34. The van der Waals surface area contributed by atoms with Gasteiger partial charge in [0.15, 0.2) is 5.69 Å². The number of benzene rings is 1. The van der Waals surface area contributed by atoms with Crippen LogP contribution in [0.4, 0.5) is 0 Å². The summed E-state index contributed by atoms with van der Waals surface area (Å²) >= 11 is 0. The van der Waals surface area contributed by atoms with Crippen molar-refractivity contribution in [3.05, 3.63) is 47.8 Å². The lowest BCUT2D eigenvalue weighted by Gasteiger charge is -2.18. The highest BCUT2D eigenvalue weighted by atomic mass is 16.5. The molecule has 1 heterocycles. The number of carbonyl (C=O) groups is 2. The summed E-state index contributed by atoms with van der Waals surface area (Å²) in [6.45, 7) is 4.17. The van der Waals surface area contributed by atoms with Gasteiger partial charge < -0.3 is 10.1 Å². The van der Waals surface area contributed by atoms with Crippen molar-refractivity contribution in [2.24, 2.45) is 5.92 Å². The zero-order valence-electron chi connectivity index (χ0n) is 13.4. The molecule has 1 aromatic carbocycles. The number of carbonyl (C=O) groups excluding carboxylic acids is 2. The molecule has 0 fully saturated rings. The third kappa shape index (κ3) is 4.38. The van der Waals surface area contributed by atoms with Gasteiger partial charge in [0.05, 0.1) is 19.9 Å². The molecule has 0 radical (unpaired) electrons. The minimum atomic E-state index is -0.716. The molecule has 0 saturated heterocycles. The summed E-state index contributed by atoms with van der Waals surface area (Å²) in [5, 5.41) is 10.4. The van der Waals surface area contributed by atoms with Crippen molar-refractivity contribution in [3.63, 3.8) is 0 Å². The number of ether oxygens (including phenoxy) is 1. The molecule has 2 rings (SSSR count). The van der Waals surface area contributed by atoms with Crippen molar-refractivity contribution >= 4 is 11.9 Å². The minimum absolute atomic E-state index is 0.0919. The van der Waals surface area contributed by atoms with E-state index in [2.05, 4.69) is 15.6 Å². The summed E-state index contributed by atoms with van der Waals surface area (Å²) in [6.07, 6.45) is 1.55. The fourth-order valence-electron chi connectivity index (χ4n) is 2.09. The summed E-state index contributed by atoms with van der Waals surface area (Å²) in [6, 6.07) is 9.02. The number of esters is 1. The number of hydrogen-bond donors (Lipinski definition) is 1. The molecule has 7 nitrogen and oxygen atoms in total. The number of aromatic nitrogens is 3. The molecule has 1 N–H and O–H groups in total. The van der Waals surface area contributed by atoms with Gasteiger partial charge in [-0.1, -0.05) is 49.4 Å². The molecule has 0 bridgehead atoms. The third-order valence-corrected chi connectivity index (χ3v) is 3.37. The number of amides is 1. The van der Waals surface area contributed by atoms with Crippen molar-refractivity contribution in [2.75, 3.05) is 7.11 Å². The van der Waals surface area contributed by atoms with E-state index in [-0.39, 0.29) is 11.6 Å². The lowest BCUT2D eigenvalue weighted by atomic mass is 10.0. The average Bonchev–Trinajstić information content (AvgIpc) is 3.01. The summed E-state index contributed by atoms with van der Waals surface area (Å²) in [7, 11) is 1.29. The summed E-state index contributed by atoms with van der Waals surface area (Å²) in [5.41, 5.74) is 1.22. The van der Waals surface area contributed by atoms with Gasteiger partial charge in [-0.25, -0.2) is 9.48 Å². The predicted molar refractivity (Wildman–Crippen MR) is 83.7 cm³/mol. The van der Waals surface area contributed by atoms with Crippen molar-refractivity contribution in [1.82, 2.24) is 20.3 Å². The highest BCUT2D eigenvalue weighted by Crippen LogP contribution is 2.06. The molecule has 7 heteroatoms. The Morgan fingerprint density at radius 1 is 1.26 bits per heavy atom. The van der Waals surface area contributed by atoms with Crippen LogP contribution in [-0.2, 0) is 16.1 Å². The Kier molecular flexibility index (Phi) is 5.46. The van der Waals surface area contributed by atoms with Gasteiger partial charge in [-0.15, -0.1) is 5.10 Å².